The average molecular weight is 965 g/mol. The van der Waals surface area contributed by atoms with E-state index in [0.29, 0.717) is 46.5 Å². The van der Waals surface area contributed by atoms with Crippen molar-refractivity contribution < 1.29 is 36.6 Å². The van der Waals surface area contributed by atoms with Crippen LogP contribution in [0.3, 0.4) is 0 Å². The molecular weight excluding hydrogens is 925 g/mol. The van der Waals surface area contributed by atoms with Gasteiger partial charge in [0.25, 0.3) is 11.8 Å². The average Bonchev–Trinajstić information content (AvgIpc) is 4.16. The number of amidine groups is 2. The summed E-state index contributed by atoms with van der Waals surface area (Å²) in [6, 6.07) is 35.9. The number of amides is 2. The van der Waals surface area contributed by atoms with Gasteiger partial charge in [0.2, 0.25) is 0 Å². The van der Waals surface area contributed by atoms with Crippen LogP contribution in [0.5, 0.6) is 0 Å². The molecule has 0 radical (unpaired) electrons. The molecule has 356 valence electrons. The Hall–Kier alpha value is -8.86. The summed E-state index contributed by atoms with van der Waals surface area (Å²) < 4.78 is 67.8. The molecule has 6 heterocycles. The quantitative estimate of drug-likeness (QED) is 0.0442. The van der Waals surface area contributed by atoms with Crippen molar-refractivity contribution in [3.05, 3.63) is 247 Å². The van der Waals surface area contributed by atoms with Gasteiger partial charge < -0.3 is 31.6 Å². The van der Waals surface area contributed by atoms with Gasteiger partial charge in [-0.1, -0.05) is 72.8 Å². The van der Waals surface area contributed by atoms with Crippen molar-refractivity contribution in [1.29, 1.82) is 10.8 Å². The lowest BCUT2D eigenvalue weighted by atomic mass is 9.85. The highest BCUT2D eigenvalue weighted by Gasteiger charge is 2.45. The molecule has 8 N–H and O–H groups in total. The van der Waals surface area contributed by atoms with Gasteiger partial charge in [0.15, 0.2) is 0 Å². The van der Waals surface area contributed by atoms with E-state index in [9.17, 15) is 27.2 Å². The van der Waals surface area contributed by atoms with Crippen molar-refractivity contribution in [2.75, 3.05) is 0 Å². The molecule has 0 aliphatic carbocycles. The van der Waals surface area contributed by atoms with Crippen LogP contribution in [-0.4, -0.2) is 33.5 Å². The van der Waals surface area contributed by atoms with Gasteiger partial charge in [0, 0.05) is 71.0 Å². The Balaban J connectivity index is 0.000000156. The third kappa shape index (κ3) is 8.31. The zero-order chi connectivity index (χ0) is 49.9. The molecule has 4 aliphatic heterocycles. The topological polar surface area (TPSA) is 202 Å². The third-order valence-electron chi connectivity index (χ3n) is 13.3. The number of ether oxygens (including phenoxy) is 2. The van der Waals surface area contributed by atoms with Gasteiger partial charge in [-0.15, -0.1) is 0 Å². The Morgan fingerprint density at radius 3 is 1.25 bits per heavy atom. The lowest BCUT2D eigenvalue weighted by Crippen LogP contribution is -2.24. The molecule has 4 atom stereocenters. The van der Waals surface area contributed by atoms with E-state index in [1.165, 1.54) is 24.3 Å². The fraction of sp³-hybridized carbons (Fsp3) is 0.107. The van der Waals surface area contributed by atoms with Crippen molar-refractivity contribution >= 4 is 23.5 Å². The summed E-state index contributed by atoms with van der Waals surface area (Å²) in [6.07, 6.45) is 1.96. The number of rotatable bonds is 10. The summed E-state index contributed by atoms with van der Waals surface area (Å²) in [5, 5.41) is 20.6. The minimum Gasteiger partial charge on any atom is -0.384 e. The van der Waals surface area contributed by atoms with Gasteiger partial charge in [-0.05, 0) is 104 Å². The number of nitrogens with zero attached hydrogens (tertiary/aromatic N) is 2. The minimum absolute atomic E-state index is 0.00939. The molecule has 8 aromatic rings. The summed E-state index contributed by atoms with van der Waals surface area (Å²) >= 11 is 0. The first-order valence-electron chi connectivity index (χ1n) is 22.7. The predicted octanol–water partition coefficient (Wildman–Crippen LogP) is 9.53. The molecule has 6 aromatic carbocycles. The number of nitrogen functional groups attached to an aromatic ring is 2. The van der Waals surface area contributed by atoms with Crippen molar-refractivity contribution in [3.8, 4) is 22.3 Å². The molecule has 0 spiro atoms. The van der Waals surface area contributed by atoms with Crippen LogP contribution in [-0.2, 0) is 22.6 Å². The number of carbonyl (C=O) groups excluding carboxylic acids is 2. The van der Waals surface area contributed by atoms with Crippen LogP contribution < -0.4 is 22.1 Å². The molecule has 12 nitrogen and oxygen atoms in total. The third-order valence-corrected chi connectivity index (χ3v) is 13.3. The lowest BCUT2D eigenvalue weighted by molar-refractivity contribution is 0.0855. The molecule has 2 amide bonds. The van der Waals surface area contributed by atoms with Crippen molar-refractivity contribution in [2.24, 2.45) is 11.5 Å². The Morgan fingerprint density at radius 1 is 0.472 bits per heavy atom. The van der Waals surface area contributed by atoms with Gasteiger partial charge >= 0.3 is 0 Å². The second-order valence-electron chi connectivity index (χ2n) is 17.7. The molecule has 4 aliphatic rings. The van der Waals surface area contributed by atoms with Crippen molar-refractivity contribution in [1.82, 2.24) is 20.6 Å². The second kappa shape index (κ2) is 18.1. The van der Waals surface area contributed by atoms with Crippen molar-refractivity contribution in [2.45, 2.75) is 37.5 Å². The normalized spacial score (nSPS) is 16.9. The Bertz CT molecular complexity index is 3570. The zero-order valence-electron chi connectivity index (χ0n) is 37.8. The summed E-state index contributed by atoms with van der Waals surface area (Å²) in [4.78, 5) is 34.3. The number of fused-ring (bicyclic) bond motifs is 16. The smallest absolute Gasteiger partial charge is 0.270 e. The number of pyridine rings is 2. The Morgan fingerprint density at radius 2 is 0.847 bits per heavy atom. The number of benzene rings is 6. The van der Waals surface area contributed by atoms with E-state index >= 15 is 0 Å². The van der Waals surface area contributed by atoms with Crippen LogP contribution in [0.1, 0.15) is 112 Å². The van der Waals surface area contributed by atoms with Gasteiger partial charge in [0.1, 0.15) is 70.7 Å². The monoisotopic (exact) mass is 964 g/mol. The highest BCUT2D eigenvalue weighted by Crippen LogP contribution is 2.56. The summed E-state index contributed by atoms with van der Waals surface area (Å²) in [5.74, 6) is -3.14. The second-order valence-corrected chi connectivity index (χ2v) is 17.7. The molecule has 4 unspecified atom stereocenters. The van der Waals surface area contributed by atoms with E-state index in [1.54, 1.807) is 73.1 Å². The van der Waals surface area contributed by atoms with Crippen LogP contribution in [0, 0.1) is 34.1 Å². The van der Waals surface area contributed by atoms with E-state index in [0.717, 1.165) is 67.8 Å². The van der Waals surface area contributed by atoms with Crippen LogP contribution >= 0.6 is 0 Å². The zero-order valence-corrected chi connectivity index (χ0v) is 37.8. The maximum Gasteiger partial charge on any atom is 0.270 e. The molecule has 4 bridgehead atoms. The van der Waals surface area contributed by atoms with Crippen LogP contribution in [0.15, 0.2) is 146 Å². The first-order chi connectivity index (χ1) is 34.8. The predicted molar refractivity (Wildman–Crippen MR) is 259 cm³/mol. The van der Waals surface area contributed by atoms with Crippen LogP contribution in [0.2, 0.25) is 0 Å². The summed E-state index contributed by atoms with van der Waals surface area (Å²) in [5.41, 5.74) is 23.7. The SMILES string of the molecule is N=C(N)c1ccc(CNC(=O)c2cc3c(cn2)C2OC3c3cc(-c4ccc(F)cc4F)ccc32)cc1.N=C(N)c1ccc(CNC(=O)c2cc3c(cn2)C2OC3c3ccc(-c4ccc(F)cc4F)cc32)cc1. The van der Waals surface area contributed by atoms with E-state index in [4.69, 9.17) is 31.8 Å². The summed E-state index contributed by atoms with van der Waals surface area (Å²) in [7, 11) is 0. The van der Waals surface area contributed by atoms with Crippen molar-refractivity contribution in [3.63, 3.8) is 0 Å². The molecule has 16 heteroatoms. The molecular formula is C56H40F4N8O4. The maximum absolute atomic E-state index is 14.4. The van der Waals surface area contributed by atoms with Gasteiger partial charge in [-0.3, -0.25) is 30.4 Å². The fourth-order valence-corrected chi connectivity index (χ4v) is 9.65. The maximum atomic E-state index is 14.4. The van der Waals surface area contributed by atoms with Gasteiger partial charge in [-0.25, -0.2) is 17.6 Å². The van der Waals surface area contributed by atoms with E-state index in [2.05, 4.69) is 20.6 Å². The number of hydrogen-bond donors (Lipinski definition) is 6. The fourth-order valence-electron chi connectivity index (χ4n) is 9.65. The molecule has 72 heavy (non-hydrogen) atoms. The van der Waals surface area contributed by atoms with E-state index in [1.807, 2.05) is 36.4 Å². The number of nitrogens with one attached hydrogen (secondary N) is 4. The van der Waals surface area contributed by atoms with E-state index in [-0.39, 0.29) is 53.2 Å². The minimum atomic E-state index is -0.626. The van der Waals surface area contributed by atoms with E-state index < -0.39 is 29.4 Å². The number of nitrogens with two attached hydrogens (primary N) is 2. The first-order valence-corrected chi connectivity index (χ1v) is 22.7. The highest BCUT2D eigenvalue weighted by atomic mass is 19.1. The largest absolute Gasteiger partial charge is 0.384 e. The standard InChI is InChI=1S/2C28H20F2N4O2/c29-17-6-8-18(23(30)10-17)16-5-7-19-20(9-16)26-21-11-24(33-13-22(21)25(19)36-26)28(35)34-12-14-1-3-15(4-2-14)27(31)32;29-17-6-8-18(23(30)10-17)16-5-7-19-20(9-16)26-22-13-33-24(11-21(22)25(19)36-26)28(35)34-12-14-1-3-15(4-2-14)27(31)32/h2*1-11,13,25-26H,12H2,(H3,31,32)(H,34,35). The number of hydrogen-bond acceptors (Lipinski definition) is 8. The highest BCUT2D eigenvalue weighted by molar-refractivity contribution is 5.96. The molecule has 0 saturated heterocycles. The van der Waals surface area contributed by atoms with Gasteiger partial charge in [-0.2, -0.15) is 0 Å². The molecule has 0 fully saturated rings. The van der Waals surface area contributed by atoms with Gasteiger partial charge in [0.05, 0.1) is 0 Å². The first kappa shape index (κ1) is 45.6. The molecule has 12 rings (SSSR count). The Labute approximate surface area is 408 Å². The molecule has 0 saturated carbocycles. The van der Waals surface area contributed by atoms with Crippen LogP contribution in [0.4, 0.5) is 17.6 Å². The number of carbonyl (C=O) groups is 2. The lowest BCUT2D eigenvalue weighted by Gasteiger charge is -2.17. The van der Waals surface area contributed by atoms with Crippen LogP contribution in [0.25, 0.3) is 22.3 Å². The number of halogens is 4. The molecule has 2 aromatic heterocycles. The summed E-state index contributed by atoms with van der Waals surface area (Å²) in [6.45, 7) is 0.609. The Kier molecular flexibility index (Phi) is 11.5. The number of aromatic nitrogens is 2.